The van der Waals surface area contributed by atoms with Crippen molar-refractivity contribution < 1.29 is 27.2 Å². The van der Waals surface area contributed by atoms with Gasteiger partial charge in [0.2, 0.25) is 0 Å². The molecule has 1 rings (SSSR count). The van der Waals surface area contributed by atoms with Gasteiger partial charge in [0, 0.05) is 3.57 Å². The smallest absolute Gasteiger partial charge is 0.309 e. The van der Waals surface area contributed by atoms with E-state index in [1.807, 2.05) is 18.2 Å². The van der Waals surface area contributed by atoms with Crippen LogP contribution in [0.5, 0.6) is 0 Å². The topological polar surface area (TPSA) is 71.1 Å². The number of hydrogen-bond donors (Lipinski definition) is 0. The number of halogens is 1. The molecule has 0 aliphatic rings. The fourth-order valence-electron chi connectivity index (χ4n) is 2.39. The zero-order chi connectivity index (χ0) is 18.9. The van der Waals surface area contributed by atoms with Crippen LogP contribution in [0.1, 0.15) is 38.8 Å². The van der Waals surface area contributed by atoms with Gasteiger partial charge in [-0.1, -0.05) is 6.07 Å². The second-order valence-corrected chi connectivity index (χ2v) is 10.5. The van der Waals surface area contributed by atoms with Crippen molar-refractivity contribution in [3.8, 4) is 0 Å². The number of benzene rings is 1. The summed E-state index contributed by atoms with van der Waals surface area (Å²) in [4.78, 5) is 0. The predicted octanol–water partition coefficient (Wildman–Crippen LogP) is 5.82. The summed E-state index contributed by atoms with van der Waals surface area (Å²) in [5.41, 5.74) is 1.62. The van der Waals surface area contributed by atoms with Gasteiger partial charge in [-0.2, -0.15) is 0 Å². The van der Waals surface area contributed by atoms with E-state index in [1.54, 1.807) is 27.7 Å². The van der Waals surface area contributed by atoms with Crippen molar-refractivity contribution in [1.82, 2.24) is 0 Å². The molecule has 1 aromatic carbocycles. The lowest BCUT2D eigenvalue weighted by atomic mass is 10.2. The molecule has 0 aliphatic carbocycles. The van der Waals surface area contributed by atoms with Gasteiger partial charge in [0.1, 0.15) is 0 Å². The minimum absolute atomic E-state index is 0.173. The maximum absolute atomic E-state index is 12.7. The summed E-state index contributed by atoms with van der Waals surface area (Å²) >= 11 is 2.18. The molecule has 0 spiro atoms. The van der Waals surface area contributed by atoms with Crippen molar-refractivity contribution in [3.05, 3.63) is 32.9 Å². The molecule has 6 nitrogen and oxygen atoms in total. The third-order valence-corrected chi connectivity index (χ3v) is 7.81. The normalized spacial score (nSPS) is 12.5. The highest BCUT2D eigenvalue weighted by Gasteiger charge is 2.27. The van der Waals surface area contributed by atoms with Crippen LogP contribution in [0, 0.1) is 3.57 Å². The zero-order valence-corrected chi connectivity index (χ0v) is 19.1. The van der Waals surface area contributed by atoms with E-state index in [0.29, 0.717) is 26.4 Å². The minimum atomic E-state index is -3.19. The SMILES string of the molecule is CCOP(=O)(Cc1cc(I)cc(CP(=O)(OCC)OCC)c1)OCC. The van der Waals surface area contributed by atoms with Crippen molar-refractivity contribution in [2.45, 2.75) is 40.0 Å². The van der Waals surface area contributed by atoms with E-state index in [4.69, 9.17) is 18.1 Å². The third kappa shape index (κ3) is 8.21. The highest BCUT2D eigenvalue weighted by Crippen LogP contribution is 2.53. The van der Waals surface area contributed by atoms with Gasteiger partial charge in [-0.15, -0.1) is 0 Å². The molecular formula is C16H27IO6P2. The van der Waals surface area contributed by atoms with Gasteiger partial charge in [-0.3, -0.25) is 9.13 Å². The van der Waals surface area contributed by atoms with Gasteiger partial charge >= 0.3 is 15.2 Å². The lowest BCUT2D eigenvalue weighted by Crippen LogP contribution is -2.02. The molecule has 0 saturated heterocycles. The van der Waals surface area contributed by atoms with E-state index < -0.39 is 15.2 Å². The molecular weight excluding hydrogens is 477 g/mol. The highest BCUT2D eigenvalue weighted by molar-refractivity contribution is 14.1. The molecule has 0 N–H and O–H groups in total. The minimum Gasteiger partial charge on any atom is -0.309 e. The Morgan fingerprint density at radius 3 is 1.32 bits per heavy atom. The van der Waals surface area contributed by atoms with Crippen molar-refractivity contribution in [3.63, 3.8) is 0 Å². The van der Waals surface area contributed by atoms with E-state index >= 15 is 0 Å². The van der Waals surface area contributed by atoms with Gasteiger partial charge in [0.05, 0.1) is 38.8 Å². The van der Waals surface area contributed by atoms with Gasteiger partial charge in [0.25, 0.3) is 0 Å². The van der Waals surface area contributed by atoms with Crippen molar-refractivity contribution >= 4 is 37.8 Å². The van der Waals surface area contributed by atoms with Crippen molar-refractivity contribution in [2.24, 2.45) is 0 Å². The second-order valence-electron chi connectivity index (χ2n) is 5.18. The van der Waals surface area contributed by atoms with Gasteiger partial charge < -0.3 is 18.1 Å². The molecule has 0 atom stereocenters. The Morgan fingerprint density at radius 1 is 0.720 bits per heavy atom. The van der Waals surface area contributed by atoms with Crippen LogP contribution in [0.25, 0.3) is 0 Å². The first-order valence-electron chi connectivity index (χ1n) is 8.34. The largest absolute Gasteiger partial charge is 0.335 e. The summed E-state index contributed by atoms with van der Waals surface area (Å²) in [6.07, 6.45) is 0.345. The van der Waals surface area contributed by atoms with Crippen LogP contribution < -0.4 is 0 Å². The molecule has 144 valence electrons. The lowest BCUT2D eigenvalue weighted by Gasteiger charge is -2.19. The Bertz CT molecular complexity index is 567. The van der Waals surface area contributed by atoms with Gasteiger partial charge in [-0.25, -0.2) is 0 Å². The molecule has 0 amide bonds. The maximum atomic E-state index is 12.7. The molecule has 9 heteroatoms. The monoisotopic (exact) mass is 504 g/mol. The second kappa shape index (κ2) is 11.2. The Kier molecular flexibility index (Phi) is 10.4. The lowest BCUT2D eigenvalue weighted by molar-refractivity contribution is 0.218. The third-order valence-electron chi connectivity index (χ3n) is 3.07. The molecule has 0 unspecified atom stereocenters. The highest BCUT2D eigenvalue weighted by atomic mass is 127. The molecule has 1 aromatic rings. The van der Waals surface area contributed by atoms with Crippen LogP contribution in [0.3, 0.4) is 0 Å². The van der Waals surface area contributed by atoms with E-state index in [0.717, 1.165) is 14.7 Å². The van der Waals surface area contributed by atoms with Gasteiger partial charge in [0.15, 0.2) is 0 Å². The van der Waals surface area contributed by atoms with Crippen LogP contribution in [0.4, 0.5) is 0 Å². The molecule has 0 aliphatic heterocycles. The summed E-state index contributed by atoms with van der Waals surface area (Å²) in [7, 11) is -6.38. The van der Waals surface area contributed by atoms with E-state index in [2.05, 4.69) is 22.6 Å². The van der Waals surface area contributed by atoms with Crippen LogP contribution in [-0.2, 0) is 39.5 Å². The number of rotatable bonds is 12. The Hall–Kier alpha value is 0.250. The number of hydrogen-bond acceptors (Lipinski definition) is 6. The maximum Gasteiger partial charge on any atom is 0.335 e. The van der Waals surface area contributed by atoms with Crippen molar-refractivity contribution in [2.75, 3.05) is 26.4 Å². The van der Waals surface area contributed by atoms with Crippen LogP contribution >= 0.6 is 37.8 Å². The summed E-state index contributed by atoms with van der Waals surface area (Å²) in [6.45, 7) is 8.41. The molecule has 0 fully saturated rings. The molecule has 0 bridgehead atoms. The zero-order valence-electron chi connectivity index (χ0n) is 15.2. The first kappa shape index (κ1) is 23.3. The molecule has 25 heavy (non-hydrogen) atoms. The fourth-order valence-corrected chi connectivity index (χ4v) is 6.54. The first-order chi connectivity index (χ1) is 11.8. The van der Waals surface area contributed by atoms with Crippen molar-refractivity contribution in [1.29, 1.82) is 0 Å². The first-order valence-corrected chi connectivity index (χ1v) is 12.9. The Balaban J connectivity index is 3.06. The summed E-state index contributed by atoms with van der Waals surface area (Å²) < 4.78 is 47.9. The fraction of sp³-hybridized carbons (Fsp3) is 0.625. The Morgan fingerprint density at radius 2 is 1.04 bits per heavy atom. The Labute approximate surface area is 164 Å². The molecule has 0 heterocycles. The van der Waals surface area contributed by atoms with Crippen LogP contribution in [-0.4, -0.2) is 26.4 Å². The molecule has 0 aromatic heterocycles. The molecule has 0 saturated carbocycles. The molecule has 0 radical (unpaired) electrons. The van der Waals surface area contributed by atoms with Crippen LogP contribution in [0.15, 0.2) is 18.2 Å². The average molecular weight is 504 g/mol. The van der Waals surface area contributed by atoms with E-state index in [1.165, 1.54) is 0 Å². The van der Waals surface area contributed by atoms with Crippen LogP contribution in [0.2, 0.25) is 0 Å². The summed E-state index contributed by atoms with van der Waals surface area (Å²) in [5.74, 6) is 0. The summed E-state index contributed by atoms with van der Waals surface area (Å²) in [6, 6.07) is 5.69. The van der Waals surface area contributed by atoms with E-state index in [9.17, 15) is 9.13 Å². The predicted molar refractivity (Wildman–Crippen MR) is 108 cm³/mol. The quantitative estimate of drug-likeness (QED) is 0.264. The summed E-state index contributed by atoms with van der Waals surface area (Å²) in [5, 5.41) is 0. The average Bonchev–Trinajstić information content (AvgIpc) is 2.46. The standard InChI is InChI=1S/C16H27IO6P2/c1-5-20-24(18,21-6-2)12-14-9-15(11-16(17)10-14)13-25(19,22-7-3)23-8-4/h9-11H,5-8,12-13H2,1-4H3. The van der Waals surface area contributed by atoms with Gasteiger partial charge in [-0.05, 0) is 73.5 Å². The van der Waals surface area contributed by atoms with E-state index in [-0.39, 0.29) is 12.3 Å².